The predicted octanol–water partition coefficient (Wildman–Crippen LogP) is 1.61. The molecule has 0 aromatic heterocycles. The van der Waals surface area contributed by atoms with Crippen molar-refractivity contribution in [2.75, 3.05) is 31.4 Å². The van der Waals surface area contributed by atoms with Gasteiger partial charge in [-0.1, -0.05) is 0 Å². The summed E-state index contributed by atoms with van der Waals surface area (Å²) < 4.78 is 5.10. The molecular formula is C12H17N3O. The van der Waals surface area contributed by atoms with Gasteiger partial charge in [-0.3, -0.25) is 0 Å². The average molecular weight is 219 g/mol. The maximum absolute atomic E-state index is 8.78. The summed E-state index contributed by atoms with van der Waals surface area (Å²) in [6.45, 7) is 2.72. The molecule has 0 bridgehead atoms. The highest BCUT2D eigenvalue weighted by Gasteiger charge is 2.10. The number of nitrogens with two attached hydrogens (primary N) is 1. The van der Waals surface area contributed by atoms with Gasteiger partial charge in [0.25, 0.3) is 0 Å². The number of nitriles is 1. The van der Waals surface area contributed by atoms with Gasteiger partial charge in [-0.2, -0.15) is 5.26 Å². The highest BCUT2D eigenvalue weighted by Crippen LogP contribution is 2.21. The van der Waals surface area contributed by atoms with Crippen LogP contribution in [0.25, 0.3) is 0 Å². The van der Waals surface area contributed by atoms with E-state index in [0.29, 0.717) is 17.9 Å². The number of hydrogen-bond acceptors (Lipinski definition) is 4. The number of anilines is 2. The van der Waals surface area contributed by atoms with E-state index in [-0.39, 0.29) is 6.04 Å². The van der Waals surface area contributed by atoms with Crippen LogP contribution in [0.1, 0.15) is 12.5 Å². The Balaban J connectivity index is 2.89. The first-order valence-corrected chi connectivity index (χ1v) is 5.11. The Kier molecular flexibility index (Phi) is 4.15. The van der Waals surface area contributed by atoms with Crippen molar-refractivity contribution in [2.24, 2.45) is 0 Å². The largest absolute Gasteiger partial charge is 0.398 e. The van der Waals surface area contributed by atoms with Crippen LogP contribution in [-0.2, 0) is 4.74 Å². The summed E-state index contributed by atoms with van der Waals surface area (Å²) in [4.78, 5) is 2.07. The van der Waals surface area contributed by atoms with E-state index in [1.54, 1.807) is 13.2 Å². The predicted molar refractivity (Wildman–Crippen MR) is 65.3 cm³/mol. The minimum Gasteiger partial charge on any atom is -0.398 e. The Morgan fingerprint density at radius 2 is 2.25 bits per heavy atom. The molecular weight excluding hydrogens is 202 g/mol. The zero-order valence-electron chi connectivity index (χ0n) is 9.90. The van der Waals surface area contributed by atoms with Gasteiger partial charge in [0.1, 0.15) is 6.07 Å². The monoisotopic (exact) mass is 219 g/mol. The van der Waals surface area contributed by atoms with Crippen molar-refractivity contribution in [3.8, 4) is 6.07 Å². The van der Waals surface area contributed by atoms with Crippen LogP contribution in [0.5, 0.6) is 0 Å². The summed E-state index contributed by atoms with van der Waals surface area (Å²) >= 11 is 0. The fraction of sp³-hybridized carbons (Fsp3) is 0.417. The Hall–Kier alpha value is -1.73. The highest BCUT2D eigenvalue weighted by atomic mass is 16.5. The normalized spacial score (nSPS) is 11.9. The first kappa shape index (κ1) is 12.3. The summed E-state index contributed by atoms with van der Waals surface area (Å²) in [6.07, 6.45) is 0. The highest BCUT2D eigenvalue weighted by molar-refractivity contribution is 5.63. The van der Waals surface area contributed by atoms with Crippen molar-refractivity contribution in [1.82, 2.24) is 0 Å². The van der Waals surface area contributed by atoms with E-state index in [9.17, 15) is 0 Å². The minimum absolute atomic E-state index is 0.261. The van der Waals surface area contributed by atoms with Crippen LogP contribution >= 0.6 is 0 Å². The number of likely N-dealkylation sites (N-methyl/N-ethyl adjacent to an activating group) is 1. The van der Waals surface area contributed by atoms with Crippen LogP contribution in [0, 0.1) is 11.3 Å². The summed E-state index contributed by atoms with van der Waals surface area (Å²) in [6, 6.07) is 7.75. The third kappa shape index (κ3) is 2.65. The standard InChI is InChI=1S/C12H17N3O/c1-9(8-16-3)15(2)11-5-4-10(7-13)12(14)6-11/h4-6,9H,8,14H2,1-3H3. The Bertz CT molecular complexity index is 398. The average Bonchev–Trinajstić information content (AvgIpc) is 2.28. The second-order valence-electron chi connectivity index (χ2n) is 3.80. The molecule has 0 spiro atoms. The molecule has 0 saturated heterocycles. The van der Waals surface area contributed by atoms with E-state index in [2.05, 4.69) is 11.8 Å². The molecule has 86 valence electrons. The smallest absolute Gasteiger partial charge is 0.101 e. The van der Waals surface area contributed by atoms with E-state index in [0.717, 1.165) is 5.69 Å². The maximum Gasteiger partial charge on any atom is 0.101 e. The van der Waals surface area contributed by atoms with Crippen molar-refractivity contribution in [2.45, 2.75) is 13.0 Å². The molecule has 0 fully saturated rings. The van der Waals surface area contributed by atoms with Crippen LogP contribution in [0.3, 0.4) is 0 Å². The van der Waals surface area contributed by atoms with E-state index in [4.69, 9.17) is 15.7 Å². The van der Waals surface area contributed by atoms with Crippen LogP contribution in [-0.4, -0.2) is 26.8 Å². The maximum atomic E-state index is 8.78. The SMILES string of the molecule is COCC(C)N(C)c1ccc(C#N)c(N)c1. The van der Waals surface area contributed by atoms with E-state index >= 15 is 0 Å². The van der Waals surface area contributed by atoms with Gasteiger partial charge in [-0.25, -0.2) is 0 Å². The zero-order valence-corrected chi connectivity index (χ0v) is 9.90. The number of hydrogen-bond donors (Lipinski definition) is 1. The summed E-state index contributed by atoms with van der Waals surface area (Å²) in [5.41, 5.74) is 7.77. The molecule has 0 aliphatic heterocycles. The van der Waals surface area contributed by atoms with Crippen molar-refractivity contribution in [1.29, 1.82) is 5.26 Å². The van der Waals surface area contributed by atoms with Crippen molar-refractivity contribution < 1.29 is 4.74 Å². The molecule has 4 nitrogen and oxygen atoms in total. The lowest BCUT2D eigenvalue weighted by Gasteiger charge is -2.26. The van der Waals surface area contributed by atoms with Crippen LogP contribution in [0.2, 0.25) is 0 Å². The van der Waals surface area contributed by atoms with Gasteiger partial charge in [0.2, 0.25) is 0 Å². The van der Waals surface area contributed by atoms with Gasteiger partial charge < -0.3 is 15.4 Å². The lowest BCUT2D eigenvalue weighted by molar-refractivity contribution is 0.183. The fourth-order valence-corrected chi connectivity index (χ4v) is 1.48. The lowest BCUT2D eigenvalue weighted by atomic mass is 10.1. The zero-order chi connectivity index (χ0) is 12.1. The molecule has 16 heavy (non-hydrogen) atoms. The molecule has 0 amide bonds. The molecule has 1 aromatic rings. The lowest BCUT2D eigenvalue weighted by Crippen LogP contribution is -2.32. The molecule has 0 aliphatic carbocycles. The number of methoxy groups -OCH3 is 1. The van der Waals surface area contributed by atoms with Crippen molar-refractivity contribution in [3.05, 3.63) is 23.8 Å². The molecule has 2 N–H and O–H groups in total. The van der Waals surface area contributed by atoms with Crippen molar-refractivity contribution >= 4 is 11.4 Å². The van der Waals surface area contributed by atoms with Gasteiger partial charge in [-0.05, 0) is 25.1 Å². The second-order valence-corrected chi connectivity index (χ2v) is 3.80. The van der Waals surface area contributed by atoms with Crippen LogP contribution < -0.4 is 10.6 Å². The number of nitrogens with zero attached hydrogens (tertiary/aromatic N) is 2. The number of rotatable bonds is 4. The number of nitrogen functional groups attached to an aromatic ring is 1. The number of ether oxygens (including phenoxy) is 1. The molecule has 0 heterocycles. The van der Waals surface area contributed by atoms with Gasteiger partial charge in [0, 0.05) is 25.9 Å². The third-order valence-corrected chi connectivity index (χ3v) is 2.63. The summed E-state index contributed by atoms with van der Waals surface area (Å²) in [5.74, 6) is 0. The molecule has 4 heteroatoms. The molecule has 1 aromatic carbocycles. The Morgan fingerprint density at radius 1 is 1.56 bits per heavy atom. The van der Waals surface area contributed by atoms with Crippen LogP contribution in [0.4, 0.5) is 11.4 Å². The topological polar surface area (TPSA) is 62.3 Å². The summed E-state index contributed by atoms with van der Waals surface area (Å²) in [5, 5.41) is 8.78. The van der Waals surface area contributed by atoms with Crippen LogP contribution in [0.15, 0.2) is 18.2 Å². The first-order valence-electron chi connectivity index (χ1n) is 5.11. The van der Waals surface area contributed by atoms with Crippen molar-refractivity contribution in [3.63, 3.8) is 0 Å². The quantitative estimate of drug-likeness (QED) is 0.781. The molecule has 0 aliphatic rings. The van der Waals surface area contributed by atoms with E-state index in [1.807, 2.05) is 25.2 Å². The summed E-state index contributed by atoms with van der Waals surface area (Å²) in [7, 11) is 3.65. The second kappa shape index (κ2) is 5.38. The minimum atomic E-state index is 0.261. The molecule has 0 radical (unpaired) electrons. The van der Waals surface area contributed by atoms with E-state index < -0.39 is 0 Å². The molecule has 1 rings (SSSR count). The third-order valence-electron chi connectivity index (χ3n) is 2.63. The van der Waals surface area contributed by atoms with Gasteiger partial charge in [0.05, 0.1) is 17.9 Å². The molecule has 1 atom stereocenters. The fourth-order valence-electron chi connectivity index (χ4n) is 1.48. The Morgan fingerprint density at radius 3 is 2.75 bits per heavy atom. The van der Waals surface area contributed by atoms with Gasteiger partial charge in [-0.15, -0.1) is 0 Å². The molecule has 0 saturated carbocycles. The van der Waals surface area contributed by atoms with Gasteiger partial charge >= 0.3 is 0 Å². The Labute approximate surface area is 96.2 Å². The number of benzene rings is 1. The molecule has 1 unspecified atom stereocenters. The van der Waals surface area contributed by atoms with Gasteiger partial charge in [0.15, 0.2) is 0 Å². The first-order chi connectivity index (χ1) is 7.60. The van der Waals surface area contributed by atoms with E-state index in [1.165, 1.54) is 0 Å².